The minimum atomic E-state index is -3.82. The Morgan fingerprint density at radius 3 is 2.62 bits per heavy atom. The second-order valence-electron chi connectivity index (χ2n) is 6.48. The van der Waals surface area contributed by atoms with Gasteiger partial charge in [0, 0.05) is 12.1 Å². The lowest BCUT2D eigenvalue weighted by Crippen LogP contribution is -2.28. The van der Waals surface area contributed by atoms with E-state index in [9.17, 15) is 17.6 Å². The summed E-state index contributed by atoms with van der Waals surface area (Å²) >= 11 is 0. The molecule has 0 spiro atoms. The molecule has 0 bridgehead atoms. The molecule has 3 aromatic rings. The van der Waals surface area contributed by atoms with Crippen LogP contribution in [0.1, 0.15) is 27.2 Å². The van der Waals surface area contributed by atoms with Crippen molar-refractivity contribution >= 4 is 15.9 Å². The highest BCUT2D eigenvalue weighted by Gasteiger charge is 2.18. The largest absolute Gasteiger partial charge is 0.468 e. The van der Waals surface area contributed by atoms with E-state index in [0.717, 1.165) is 0 Å². The first-order valence-corrected chi connectivity index (χ1v) is 10.5. The molecule has 0 aliphatic rings. The fourth-order valence-corrected chi connectivity index (χ4v) is 3.80. The van der Waals surface area contributed by atoms with Gasteiger partial charge >= 0.3 is 0 Å². The van der Waals surface area contributed by atoms with Gasteiger partial charge < -0.3 is 9.73 Å². The molecule has 2 N–H and O–H groups in total. The summed E-state index contributed by atoms with van der Waals surface area (Å²) in [6.07, 6.45) is 1.79. The smallest absolute Gasteiger partial charge is 0.251 e. The lowest BCUT2D eigenvalue weighted by molar-refractivity contribution is 0.0953. The van der Waals surface area contributed by atoms with Crippen molar-refractivity contribution in [1.29, 1.82) is 0 Å². The van der Waals surface area contributed by atoms with E-state index in [1.165, 1.54) is 24.5 Å². The summed E-state index contributed by atoms with van der Waals surface area (Å²) in [7, 11) is -3.82. The molecule has 29 heavy (non-hydrogen) atoms. The number of halogens is 1. The molecule has 2 aromatic carbocycles. The second kappa shape index (κ2) is 9.02. The number of amides is 1. The number of furan rings is 1. The highest BCUT2D eigenvalue weighted by atomic mass is 32.2. The van der Waals surface area contributed by atoms with Crippen LogP contribution in [0.2, 0.25) is 0 Å². The molecule has 8 heteroatoms. The Balaban J connectivity index is 1.67. The summed E-state index contributed by atoms with van der Waals surface area (Å²) in [5.41, 5.74) is 1.39. The van der Waals surface area contributed by atoms with Gasteiger partial charge in [-0.15, -0.1) is 0 Å². The molecule has 0 unspecified atom stereocenters. The number of hydrogen-bond donors (Lipinski definition) is 2. The minimum Gasteiger partial charge on any atom is -0.468 e. The third kappa shape index (κ3) is 5.30. The maximum atomic E-state index is 13.7. The molecule has 1 aromatic heterocycles. The fourth-order valence-electron chi connectivity index (χ4n) is 2.78. The Morgan fingerprint density at radius 2 is 1.90 bits per heavy atom. The molecule has 1 amide bonds. The highest BCUT2D eigenvalue weighted by molar-refractivity contribution is 7.89. The van der Waals surface area contributed by atoms with E-state index in [1.807, 2.05) is 0 Å². The molecular weight excluding hydrogens is 395 g/mol. The van der Waals surface area contributed by atoms with Crippen molar-refractivity contribution in [2.45, 2.75) is 24.8 Å². The molecule has 0 saturated heterocycles. The number of aryl methyl sites for hydroxylation is 1. The van der Waals surface area contributed by atoms with Crippen LogP contribution in [-0.2, 0) is 23.0 Å². The summed E-state index contributed by atoms with van der Waals surface area (Å²) < 4.78 is 46.3. The van der Waals surface area contributed by atoms with Crippen LogP contribution in [0.4, 0.5) is 4.39 Å². The fraction of sp³-hybridized carbons (Fsp3) is 0.190. The zero-order valence-electron chi connectivity index (χ0n) is 15.8. The maximum Gasteiger partial charge on any atom is 0.251 e. The molecule has 152 valence electrons. The molecule has 0 fully saturated rings. The van der Waals surface area contributed by atoms with Gasteiger partial charge in [-0.2, -0.15) is 0 Å². The van der Waals surface area contributed by atoms with Gasteiger partial charge in [-0.1, -0.05) is 24.3 Å². The zero-order chi connectivity index (χ0) is 20.9. The van der Waals surface area contributed by atoms with Crippen molar-refractivity contribution in [2.75, 3.05) is 6.54 Å². The number of carbonyl (C=O) groups is 1. The van der Waals surface area contributed by atoms with Crippen molar-refractivity contribution in [3.63, 3.8) is 0 Å². The van der Waals surface area contributed by atoms with Crippen molar-refractivity contribution in [3.05, 3.63) is 89.1 Å². The van der Waals surface area contributed by atoms with Gasteiger partial charge in [0.2, 0.25) is 10.0 Å². The van der Waals surface area contributed by atoms with E-state index >= 15 is 0 Å². The summed E-state index contributed by atoms with van der Waals surface area (Å²) in [5.74, 6) is -0.262. The SMILES string of the molecule is Cc1ccc(S(=O)(=O)NCc2ccco2)cc1C(=O)NCCc1ccccc1F. The first kappa shape index (κ1) is 20.8. The minimum absolute atomic E-state index is 0.00732. The predicted octanol–water partition coefficient (Wildman–Crippen LogP) is 3.18. The Bertz CT molecular complexity index is 1100. The van der Waals surface area contributed by atoms with Crippen LogP contribution in [0.5, 0.6) is 0 Å². The normalized spacial score (nSPS) is 11.4. The van der Waals surface area contributed by atoms with Crippen molar-refractivity contribution in [2.24, 2.45) is 0 Å². The van der Waals surface area contributed by atoms with Crippen LogP contribution < -0.4 is 10.0 Å². The van der Waals surface area contributed by atoms with Crippen LogP contribution in [0.25, 0.3) is 0 Å². The van der Waals surface area contributed by atoms with Crippen molar-refractivity contribution in [3.8, 4) is 0 Å². The van der Waals surface area contributed by atoms with E-state index in [2.05, 4.69) is 10.0 Å². The first-order chi connectivity index (χ1) is 13.9. The molecule has 3 rings (SSSR count). The topological polar surface area (TPSA) is 88.4 Å². The molecule has 0 radical (unpaired) electrons. The van der Waals surface area contributed by atoms with E-state index in [1.54, 1.807) is 43.3 Å². The Hall–Kier alpha value is -2.97. The number of hydrogen-bond acceptors (Lipinski definition) is 4. The number of sulfonamides is 1. The number of benzene rings is 2. The van der Waals surface area contributed by atoms with Gasteiger partial charge in [-0.25, -0.2) is 17.5 Å². The number of rotatable bonds is 8. The van der Waals surface area contributed by atoms with Gasteiger partial charge in [0.1, 0.15) is 11.6 Å². The van der Waals surface area contributed by atoms with Gasteiger partial charge in [-0.05, 0) is 54.8 Å². The maximum absolute atomic E-state index is 13.7. The van der Waals surface area contributed by atoms with E-state index in [-0.39, 0.29) is 29.4 Å². The average Bonchev–Trinajstić information content (AvgIpc) is 3.22. The molecule has 0 aliphatic carbocycles. The molecule has 0 aliphatic heterocycles. The first-order valence-electron chi connectivity index (χ1n) is 9.01. The second-order valence-corrected chi connectivity index (χ2v) is 8.24. The molecular formula is C21H21FN2O4S. The van der Waals surface area contributed by atoms with E-state index in [0.29, 0.717) is 23.3 Å². The summed E-state index contributed by atoms with van der Waals surface area (Å²) in [4.78, 5) is 12.5. The molecule has 6 nitrogen and oxygen atoms in total. The standard InChI is InChI=1S/C21H21FN2O4S/c1-15-8-9-18(29(26,27)24-14-17-6-4-12-28-17)13-19(15)21(25)23-11-10-16-5-2-3-7-20(16)22/h2-9,12-13,24H,10-11,14H2,1H3,(H,23,25). The van der Waals surface area contributed by atoms with Gasteiger partial charge in [0.05, 0.1) is 17.7 Å². The third-order valence-corrected chi connectivity index (χ3v) is 5.82. The highest BCUT2D eigenvalue weighted by Crippen LogP contribution is 2.16. The van der Waals surface area contributed by atoms with Gasteiger partial charge in [-0.3, -0.25) is 4.79 Å². The Kier molecular flexibility index (Phi) is 6.46. The van der Waals surface area contributed by atoms with E-state index < -0.39 is 15.9 Å². The molecule has 0 atom stereocenters. The van der Waals surface area contributed by atoms with Crippen LogP contribution in [0, 0.1) is 12.7 Å². The summed E-state index contributed by atoms with van der Waals surface area (Å²) in [6.45, 7) is 1.96. The Labute approximate surface area is 168 Å². The van der Waals surface area contributed by atoms with E-state index in [4.69, 9.17) is 4.42 Å². The summed E-state index contributed by atoms with van der Waals surface area (Å²) in [6, 6.07) is 14.0. The van der Waals surface area contributed by atoms with Crippen molar-refractivity contribution in [1.82, 2.24) is 10.0 Å². The average molecular weight is 416 g/mol. The number of carbonyl (C=O) groups excluding carboxylic acids is 1. The Morgan fingerprint density at radius 1 is 1.10 bits per heavy atom. The van der Waals surface area contributed by atoms with Gasteiger partial charge in [0.15, 0.2) is 0 Å². The van der Waals surface area contributed by atoms with Crippen LogP contribution in [0.3, 0.4) is 0 Å². The number of nitrogens with one attached hydrogen (secondary N) is 2. The van der Waals surface area contributed by atoms with Crippen LogP contribution >= 0.6 is 0 Å². The van der Waals surface area contributed by atoms with Crippen LogP contribution in [-0.4, -0.2) is 20.9 Å². The monoisotopic (exact) mass is 416 g/mol. The third-order valence-electron chi connectivity index (χ3n) is 4.42. The predicted molar refractivity (Wildman–Crippen MR) is 106 cm³/mol. The lowest BCUT2D eigenvalue weighted by atomic mass is 10.1. The van der Waals surface area contributed by atoms with Gasteiger partial charge in [0.25, 0.3) is 5.91 Å². The summed E-state index contributed by atoms with van der Waals surface area (Å²) in [5, 5.41) is 2.71. The zero-order valence-corrected chi connectivity index (χ0v) is 16.6. The van der Waals surface area contributed by atoms with Crippen molar-refractivity contribution < 1.29 is 22.0 Å². The molecule has 1 heterocycles. The molecule has 0 saturated carbocycles. The lowest BCUT2D eigenvalue weighted by Gasteiger charge is -2.11. The quantitative estimate of drug-likeness (QED) is 0.590. The van der Waals surface area contributed by atoms with Crippen LogP contribution in [0.15, 0.2) is 70.2 Å².